The monoisotopic (exact) mass is 432 g/mol. The standard InChI is InChI=1S/C25H21ClN2O3/c26-20-9-5-4-8-17(20)23(29)27(14-6-2-1-3-7-14)13-28-24(30)21-15-10-11-16(19-12-18(15)19)22(21)25(28)31/h1-11,15-16,18-19,21-22H,12-13H2/t15-,16-,18-,19+,21-,22+/m0/s1. The molecule has 1 aliphatic heterocycles. The van der Waals surface area contributed by atoms with Crippen LogP contribution in [-0.4, -0.2) is 29.3 Å². The van der Waals surface area contributed by atoms with Crippen LogP contribution >= 0.6 is 11.6 Å². The van der Waals surface area contributed by atoms with Gasteiger partial charge in [0.25, 0.3) is 5.91 Å². The van der Waals surface area contributed by atoms with E-state index in [2.05, 4.69) is 12.2 Å². The van der Waals surface area contributed by atoms with Crippen LogP contribution in [0, 0.1) is 35.5 Å². The molecule has 0 spiro atoms. The van der Waals surface area contributed by atoms with Crippen molar-refractivity contribution in [2.75, 3.05) is 11.6 Å². The SMILES string of the molecule is O=C1[C@@H]2[C@H]3C=C[C@@H]([C@@H]4C[C@H]34)[C@@H]2C(=O)N1CN(C(=O)c1ccccc1Cl)c1ccccc1. The summed E-state index contributed by atoms with van der Waals surface area (Å²) in [6.45, 7) is -0.104. The summed E-state index contributed by atoms with van der Waals surface area (Å²) in [4.78, 5) is 43.0. The molecule has 3 amide bonds. The number of likely N-dealkylation sites (tertiary alicyclic amines) is 1. The topological polar surface area (TPSA) is 57.7 Å². The Kier molecular flexibility index (Phi) is 4.12. The summed E-state index contributed by atoms with van der Waals surface area (Å²) in [6.07, 6.45) is 5.42. The van der Waals surface area contributed by atoms with Crippen molar-refractivity contribution in [2.45, 2.75) is 6.42 Å². The van der Waals surface area contributed by atoms with Gasteiger partial charge in [0.2, 0.25) is 11.8 Å². The van der Waals surface area contributed by atoms with Crippen LogP contribution in [0.1, 0.15) is 16.8 Å². The van der Waals surface area contributed by atoms with Crippen LogP contribution in [-0.2, 0) is 9.59 Å². The van der Waals surface area contributed by atoms with Crippen molar-refractivity contribution in [3.63, 3.8) is 0 Å². The number of imide groups is 1. The maximum atomic E-state index is 13.5. The molecule has 156 valence electrons. The lowest BCUT2D eigenvalue weighted by molar-refractivity contribution is -0.140. The molecule has 3 fully saturated rings. The first-order valence-electron chi connectivity index (χ1n) is 10.7. The zero-order chi connectivity index (χ0) is 21.3. The number of carbonyl (C=O) groups excluding carboxylic acids is 3. The van der Waals surface area contributed by atoms with E-state index >= 15 is 0 Å². The van der Waals surface area contributed by atoms with E-state index in [-0.39, 0.29) is 48.1 Å². The van der Waals surface area contributed by atoms with Crippen molar-refractivity contribution in [1.82, 2.24) is 4.90 Å². The second-order valence-corrected chi connectivity index (χ2v) is 9.36. The molecule has 1 heterocycles. The zero-order valence-electron chi connectivity index (χ0n) is 16.7. The average Bonchev–Trinajstić information content (AvgIpc) is 3.58. The molecule has 4 aliphatic carbocycles. The Bertz CT molecular complexity index is 1090. The molecule has 2 saturated carbocycles. The summed E-state index contributed by atoms with van der Waals surface area (Å²) in [6, 6.07) is 15.9. The van der Waals surface area contributed by atoms with Gasteiger partial charge < -0.3 is 0 Å². The third-order valence-electron chi connectivity index (χ3n) is 7.45. The first kappa shape index (κ1) is 18.8. The molecule has 2 bridgehead atoms. The minimum atomic E-state index is -0.337. The van der Waals surface area contributed by atoms with Crippen molar-refractivity contribution >= 4 is 35.0 Å². The Labute approximate surface area is 185 Å². The lowest BCUT2D eigenvalue weighted by atomic mass is 9.63. The Balaban J connectivity index is 1.35. The normalized spacial score (nSPS) is 32.1. The van der Waals surface area contributed by atoms with E-state index in [1.54, 1.807) is 36.4 Å². The smallest absolute Gasteiger partial charge is 0.261 e. The highest BCUT2D eigenvalue weighted by molar-refractivity contribution is 6.34. The molecule has 1 saturated heterocycles. The van der Waals surface area contributed by atoms with Crippen LogP contribution in [0.15, 0.2) is 66.7 Å². The van der Waals surface area contributed by atoms with E-state index in [0.29, 0.717) is 28.1 Å². The summed E-state index contributed by atoms with van der Waals surface area (Å²) in [5.74, 6) is 0.220. The van der Waals surface area contributed by atoms with Gasteiger partial charge in [-0.25, -0.2) is 0 Å². The number of para-hydroxylation sites is 1. The number of carbonyl (C=O) groups is 3. The van der Waals surface area contributed by atoms with E-state index in [1.165, 1.54) is 9.80 Å². The molecule has 6 atom stereocenters. The highest BCUT2D eigenvalue weighted by atomic mass is 35.5. The molecule has 0 radical (unpaired) electrons. The fraction of sp³-hybridized carbons (Fsp3) is 0.320. The summed E-state index contributed by atoms with van der Waals surface area (Å²) < 4.78 is 0. The van der Waals surface area contributed by atoms with Gasteiger partial charge in [0, 0.05) is 5.69 Å². The van der Waals surface area contributed by atoms with Crippen LogP contribution in [0.25, 0.3) is 0 Å². The second-order valence-electron chi connectivity index (χ2n) is 8.95. The average molecular weight is 433 g/mol. The molecule has 0 aromatic heterocycles. The quantitative estimate of drug-likeness (QED) is 0.542. The number of halogens is 1. The van der Waals surface area contributed by atoms with Gasteiger partial charge in [-0.05, 0) is 54.4 Å². The van der Waals surface area contributed by atoms with Crippen LogP contribution in [0.2, 0.25) is 5.02 Å². The van der Waals surface area contributed by atoms with E-state index in [0.717, 1.165) is 6.42 Å². The highest BCUT2D eigenvalue weighted by Crippen LogP contribution is 2.65. The maximum Gasteiger partial charge on any atom is 0.261 e. The van der Waals surface area contributed by atoms with E-state index in [4.69, 9.17) is 11.6 Å². The van der Waals surface area contributed by atoms with Gasteiger partial charge in [0.1, 0.15) is 6.67 Å². The van der Waals surface area contributed by atoms with Crippen molar-refractivity contribution < 1.29 is 14.4 Å². The first-order valence-corrected chi connectivity index (χ1v) is 11.1. The van der Waals surface area contributed by atoms with Crippen LogP contribution in [0.3, 0.4) is 0 Å². The van der Waals surface area contributed by atoms with Crippen LogP contribution in [0.5, 0.6) is 0 Å². The predicted molar refractivity (Wildman–Crippen MR) is 116 cm³/mol. The van der Waals surface area contributed by atoms with E-state index in [9.17, 15) is 14.4 Å². The highest BCUT2D eigenvalue weighted by Gasteiger charge is 2.67. The van der Waals surface area contributed by atoms with Crippen molar-refractivity contribution in [2.24, 2.45) is 35.5 Å². The Morgan fingerprint density at radius 1 is 0.903 bits per heavy atom. The number of nitrogens with zero attached hydrogens (tertiary/aromatic N) is 2. The number of amides is 3. The predicted octanol–water partition coefficient (Wildman–Crippen LogP) is 4.00. The zero-order valence-corrected chi connectivity index (χ0v) is 17.5. The third-order valence-corrected chi connectivity index (χ3v) is 7.78. The molecule has 5 nitrogen and oxygen atoms in total. The van der Waals surface area contributed by atoms with Crippen LogP contribution in [0.4, 0.5) is 5.69 Å². The van der Waals surface area contributed by atoms with Gasteiger partial charge >= 0.3 is 0 Å². The number of allylic oxidation sites excluding steroid dienone is 2. The third kappa shape index (κ3) is 2.72. The molecule has 0 unspecified atom stereocenters. The minimum Gasteiger partial charge on any atom is -0.290 e. The second kappa shape index (κ2) is 6.79. The van der Waals surface area contributed by atoms with Gasteiger partial charge in [0.15, 0.2) is 0 Å². The summed E-state index contributed by atoms with van der Waals surface area (Å²) in [7, 11) is 0. The Hall–Kier alpha value is -2.92. The number of rotatable bonds is 4. The molecule has 2 aromatic rings. The molecular weight excluding hydrogens is 412 g/mol. The summed E-state index contributed by atoms with van der Waals surface area (Å²) in [5, 5.41) is 0.337. The molecule has 2 aromatic carbocycles. The largest absolute Gasteiger partial charge is 0.290 e. The number of hydrogen-bond acceptors (Lipinski definition) is 3. The number of hydrogen-bond donors (Lipinski definition) is 0. The Morgan fingerprint density at radius 2 is 1.48 bits per heavy atom. The number of anilines is 1. The molecule has 31 heavy (non-hydrogen) atoms. The van der Waals surface area contributed by atoms with Crippen molar-refractivity contribution in [3.05, 3.63) is 77.3 Å². The minimum absolute atomic E-state index is 0.104. The van der Waals surface area contributed by atoms with Gasteiger partial charge in [-0.3, -0.25) is 24.2 Å². The van der Waals surface area contributed by atoms with Gasteiger partial charge in [-0.15, -0.1) is 0 Å². The van der Waals surface area contributed by atoms with Crippen molar-refractivity contribution in [3.8, 4) is 0 Å². The lowest BCUT2D eigenvalue weighted by Gasteiger charge is -2.37. The van der Waals surface area contributed by atoms with E-state index in [1.807, 2.05) is 18.2 Å². The first-order chi connectivity index (χ1) is 15.1. The summed E-state index contributed by atoms with van der Waals surface area (Å²) in [5.41, 5.74) is 0.958. The molecule has 0 N–H and O–H groups in total. The van der Waals surface area contributed by atoms with E-state index < -0.39 is 0 Å². The molecule has 7 rings (SSSR count). The van der Waals surface area contributed by atoms with Crippen LogP contribution < -0.4 is 4.90 Å². The van der Waals surface area contributed by atoms with Gasteiger partial charge in [-0.1, -0.05) is 54.1 Å². The molecule has 5 aliphatic rings. The summed E-state index contributed by atoms with van der Waals surface area (Å²) >= 11 is 6.29. The number of benzene rings is 2. The fourth-order valence-electron chi connectivity index (χ4n) is 5.95. The van der Waals surface area contributed by atoms with Gasteiger partial charge in [-0.2, -0.15) is 0 Å². The van der Waals surface area contributed by atoms with Gasteiger partial charge in [0.05, 0.1) is 22.4 Å². The fourth-order valence-corrected chi connectivity index (χ4v) is 6.17. The molecule has 6 heteroatoms. The Morgan fingerprint density at radius 3 is 2.10 bits per heavy atom. The van der Waals surface area contributed by atoms with Crippen molar-refractivity contribution in [1.29, 1.82) is 0 Å². The maximum absolute atomic E-state index is 13.5. The lowest BCUT2D eigenvalue weighted by Crippen LogP contribution is -2.45. The molecular formula is C25H21ClN2O3.